The molecule has 0 saturated heterocycles. The highest BCUT2D eigenvalue weighted by molar-refractivity contribution is 5.85. The Kier molecular flexibility index (Phi) is 6.16. The molecule has 28 heavy (non-hydrogen) atoms. The van der Waals surface area contributed by atoms with Crippen LogP contribution in [0.3, 0.4) is 0 Å². The molecule has 7 nitrogen and oxygen atoms in total. The zero-order chi connectivity index (χ0) is 19.9. The average Bonchev–Trinajstić information content (AvgIpc) is 3.17. The number of carbonyl (C=O) groups is 2. The van der Waals surface area contributed by atoms with Gasteiger partial charge in [-0.05, 0) is 36.6 Å². The van der Waals surface area contributed by atoms with E-state index >= 15 is 0 Å². The van der Waals surface area contributed by atoms with Crippen LogP contribution in [0.2, 0.25) is 0 Å². The Hall–Kier alpha value is -3.48. The first kappa shape index (κ1) is 19.3. The van der Waals surface area contributed by atoms with Crippen molar-refractivity contribution < 1.29 is 24.2 Å². The number of nitrogens with one attached hydrogen (secondary N) is 1. The number of amides is 2. The van der Waals surface area contributed by atoms with Crippen molar-refractivity contribution in [2.45, 2.75) is 25.9 Å². The molecule has 2 amide bonds. The summed E-state index contributed by atoms with van der Waals surface area (Å²) >= 11 is 0. The van der Waals surface area contributed by atoms with Crippen LogP contribution in [0.5, 0.6) is 11.5 Å². The van der Waals surface area contributed by atoms with Gasteiger partial charge in [0, 0.05) is 12.7 Å². The van der Waals surface area contributed by atoms with Crippen molar-refractivity contribution in [2.75, 3.05) is 6.79 Å². The summed E-state index contributed by atoms with van der Waals surface area (Å²) in [6.07, 6.45) is 2.78. The minimum atomic E-state index is -1.14. The summed E-state index contributed by atoms with van der Waals surface area (Å²) in [5.41, 5.74) is 1.84. The van der Waals surface area contributed by atoms with Gasteiger partial charge in [0.25, 0.3) is 0 Å². The smallest absolute Gasteiger partial charge is 0.408 e. The van der Waals surface area contributed by atoms with Crippen LogP contribution in [0.25, 0.3) is 0 Å². The van der Waals surface area contributed by atoms with Crippen molar-refractivity contribution in [2.24, 2.45) is 0 Å². The largest absolute Gasteiger partial charge is 0.465 e. The van der Waals surface area contributed by atoms with Gasteiger partial charge in [-0.2, -0.15) is 0 Å². The predicted octanol–water partition coefficient (Wildman–Crippen LogP) is 3.16. The van der Waals surface area contributed by atoms with Crippen LogP contribution in [-0.4, -0.2) is 34.8 Å². The monoisotopic (exact) mass is 382 g/mol. The molecule has 0 spiro atoms. The molecule has 2 N–H and O–H groups in total. The lowest BCUT2D eigenvalue weighted by Gasteiger charge is -2.25. The zero-order valence-corrected chi connectivity index (χ0v) is 15.5. The quantitative estimate of drug-likeness (QED) is 0.768. The van der Waals surface area contributed by atoms with Crippen LogP contribution in [0.15, 0.2) is 60.8 Å². The molecule has 0 aromatic heterocycles. The number of rotatable bonds is 7. The minimum Gasteiger partial charge on any atom is -0.465 e. The van der Waals surface area contributed by atoms with E-state index in [0.717, 1.165) is 21.8 Å². The summed E-state index contributed by atoms with van der Waals surface area (Å²) in [6.45, 7) is 1.94. The Morgan fingerprint density at radius 3 is 2.64 bits per heavy atom. The number of hydrogen-bond donors (Lipinski definition) is 2. The van der Waals surface area contributed by atoms with Crippen molar-refractivity contribution in [3.05, 3.63) is 71.9 Å². The van der Waals surface area contributed by atoms with Crippen LogP contribution in [0.4, 0.5) is 4.79 Å². The molecule has 7 heteroatoms. The summed E-state index contributed by atoms with van der Waals surface area (Å²) in [7, 11) is 0. The molecule has 146 valence electrons. The van der Waals surface area contributed by atoms with Gasteiger partial charge in [0.15, 0.2) is 11.5 Å². The molecule has 1 aliphatic heterocycles. The highest BCUT2D eigenvalue weighted by atomic mass is 16.7. The molecule has 1 atom stereocenters. The molecule has 1 heterocycles. The van der Waals surface area contributed by atoms with Crippen molar-refractivity contribution in [3.8, 4) is 11.5 Å². The molecule has 1 aliphatic rings. The maximum atomic E-state index is 12.3. The van der Waals surface area contributed by atoms with Gasteiger partial charge in [0.2, 0.25) is 12.7 Å². The number of ether oxygens (including phenoxy) is 2. The van der Waals surface area contributed by atoms with Crippen LogP contribution in [-0.2, 0) is 17.8 Å². The molecule has 2 aromatic carbocycles. The van der Waals surface area contributed by atoms with Crippen LogP contribution in [0, 0.1) is 0 Å². The molecule has 0 radical (unpaired) electrons. The second-order valence-corrected chi connectivity index (χ2v) is 6.37. The van der Waals surface area contributed by atoms with E-state index in [1.165, 1.54) is 6.20 Å². The van der Waals surface area contributed by atoms with Crippen molar-refractivity contribution in [1.29, 1.82) is 0 Å². The molecule has 1 unspecified atom stereocenters. The van der Waals surface area contributed by atoms with Crippen LogP contribution >= 0.6 is 0 Å². The second kappa shape index (κ2) is 8.94. The topological polar surface area (TPSA) is 88.1 Å². The number of allylic oxidation sites excluding steroid dienone is 1. The highest BCUT2D eigenvalue weighted by Crippen LogP contribution is 2.32. The molecule has 3 rings (SSSR count). The number of carboxylic acid groups (broad SMARTS) is 1. The summed E-state index contributed by atoms with van der Waals surface area (Å²) < 4.78 is 10.6. The normalized spacial score (nSPS) is 13.3. The number of fused-ring (bicyclic) bond motifs is 1. The van der Waals surface area contributed by atoms with Crippen LogP contribution < -0.4 is 14.8 Å². The first-order valence-corrected chi connectivity index (χ1v) is 8.92. The number of benzene rings is 2. The van der Waals surface area contributed by atoms with Crippen molar-refractivity contribution >= 4 is 12.0 Å². The Balaban J connectivity index is 1.53. The van der Waals surface area contributed by atoms with Gasteiger partial charge in [-0.1, -0.05) is 42.5 Å². The standard InChI is InChI=1S/C21H22N2O5/c1-15(23(21(25)26)13-17-6-3-2-4-7-17)20(24)22-11-5-8-16-9-10-18-19(12-16)28-14-27-18/h2-7,9-12,15H,8,13-14H2,1H3,(H,22,24)(H,25,26)/b11-5+. The zero-order valence-electron chi connectivity index (χ0n) is 15.5. The molecular weight excluding hydrogens is 360 g/mol. The SMILES string of the molecule is CC(C(=O)N/C=C/Cc1ccc2c(c1)OCO2)N(Cc1ccccc1)C(=O)O. The molecule has 0 saturated carbocycles. The maximum absolute atomic E-state index is 12.3. The third-order valence-electron chi connectivity index (χ3n) is 4.42. The molecule has 0 fully saturated rings. The Morgan fingerprint density at radius 1 is 1.14 bits per heavy atom. The fourth-order valence-corrected chi connectivity index (χ4v) is 2.82. The van der Waals surface area contributed by atoms with Gasteiger partial charge in [0.1, 0.15) is 6.04 Å². The van der Waals surface area contributed by atoms with E-state index in [0.29, 0.717) is 12.2 Å². The van der Waals surface area contributed by atoms with Gasteiger partial charge in [-0.15, -0.1) is 0 Å². The van der Waals surface area contributed by atoms with Crippen LogP contribution in [0.1, 0.15) is 18.1 Å². The van der Waals surface area contributed by atoms with Crippen molar-refractivity contribution in [3.63, 3.8) is 0 Å². The molecular formula is C21H22N2O5. The third-order valence-corrected chi connectivity index (χ3v) is 4.42. The summed E-state index contributed by atoms with van der Waals surface area (Å²) in [4.78, 5) is 25.0. The van der Waals surface area contributed by atoms with E-state index in [2.05, 4.69) is 5.32 Å². The lowest BCUT2D eigenvalue weighted by Crippen LogP contribution is -2.45. The van der Waals surface area contributed by atoms with Crippen molar-refractivity contribution in [1.82, 2.24) is 10.2 Å². The van der Waals surface area contributed by atoms with E-state index in [4.69, 9.17) is 9.47 Å². The maximum Gasteiger partial charge on any atom is 0.408 e. The van der Waals surface area contributed by atoms with E-state index in [-0.39, 0.29) is 19.2 Å². The minimum absolute atomic E-state index is 0.145. The highest BCUT2D eigenvalue weighted by Gasteiger charge is 2.25. The first-order valence-electron chi connectivity index (χ1n) is 8.92. The summed E-state index contributed by atoms with van der Waals surface area (Å²) in [5.74, 6) is 1.05. The molecule has 0 aliphatic carbocycles. The Labute approximate surface area is 163 Å². The Bertz CT molecular complexity index is 866. The van der Waals surface area contributed by atoms with Gasteiger partial charge < -0.3 is 19.9 Å². The van der Waals surface area contributed by atoms with Gasteiger partial charge in [0.05, 0.1) is 0 Å². The fraction of sp³-hybridized carbons (Fsp3) is 0.238. The van der Waals surface area contributed by atoms with Gasteiger partial charge in [-0.25, -0.2) is 4.79 Å². The number of nitrogens with zero attached hydrogens (tertiary/aromatic N) is 1. The lowest BCUT2D eigenvalue weighted by atomic mass is 10.1. The second-order valence-electron chi connectivity index (χ2n) is 6.37. The molecule has 0 bridgehead atoms. The predicted molar refractivity (Wildman–Crippen MR) is 103 cm³/mol. The fourth-order valence-electron chi connectivity index (χ4n) is 2.82. The van der Waals surface area contributed by atoms with E-state index < -0.39 is 12.1 Å². The van der Waals surface area contributed by atoms with E-state index in [9.17, 15) is 14.7 Å². The first-order chi connectivity index (χ1) is 13.5. The lowest BCUT2D eigenvalue weighted by molar-refractivity contribution is -0.124. The summed E-state index contributed by atoms with van der Waals surface area (Å²) in [6, 6.07) is 14.0. The average molecular weight is 382 g/mol. The Morgan fingerprint density at radius 2 is 1.89 bits per heavy atom. The van der Waals surface area contributed by atoms with Gasteiger partial charge >= 0.3 is 6.09 Å². The summed E-state index contributed by atoms with van der Waals surface area (Å²) in [5, 5.41) is 12.1. The number of carbonyl (C=O) groups excluding carboxylic acids is 1. The number of hydrogen-bond acceptors (Lipinski definition) is 4. The van der Waals surface area contributed by atoms with Gasteiger partial charge in [-0.3, -0.25) is 9.69 Å². The van der Waals surface area contributed by atoms with E-state index in [1.54, 1.807) is 13.0 Å². The third kappa shape index (κ3) is 4.82. The molecule has 2 aromatic rings. The van der Waals surface area contributed by atoms with E-state index in [1.807, 2.05) is 48.5 Å².